The minimum atomic E-state index is -3.40. The predicted molar refractivity (Wildman–Crippen MR) is 72.4 cm³/mol. The monoisotopic (exact) mass is 283 g/mol. The molecule has 0 saturated heterocycles. The van der Waals surface area contributed by atoms with Gasteiger partial charge >= 0.3 is 0 Å². The van der Waals surface area contributed by atoms with Crippen molar-refractivity contribution in [2.45, 2.75) is 12.3 Å². The Hall–Kier alpha value is -1.44. The number of nitrogens with one attached hydrogen (secondary N) is 1. The van der Waals surface area contributed by atoms with Crippen molar-refractivity contribution in [3.05, 3.63) is 46.4 Å². The van der Waals surface area contributed by atoms with Crippen LogP contribution in [0.3, 0.4) is 0 Å². The van der Waals surface area contributed by atoms with Gasteiger partial charge in [0.1, 0.15) is 0 Å². The standard InChI is InChI=1S/C11H13N3O2S2/c12-11-4-2-1-3-9(11)7-18(15,16)14-5-10-6-17-8-13-10/h1-4,6,8,14H,5,7,12H2. The first kappa shape index (κ1) is 13.0. The number of anilines is 1. The van der Waals surface area contributed by atoms with Crippen LogP contribution in [0.4, 0.5) is 5.69 Å². The molecule has 0 amide bonds. The summed E-state index contributed by atoms with van der Waals surface area (Å²) in [4.78, 5) is 4.01. The van der Waals surface area contributed by atoms with Gasteiger partial charge in [0.25, 0.3) is 0 Å². The van der Waals surface area contributed by atoms with E-state index in [4.69, 9.17) is 5.73 Å². The number of sulfonamides is 1. The summed E-state index contributed by atoms with van der Waals surface area (Å²) in [5.74, 6) is -0.121. The zero-order valence-corrected chi connectivity index (χ0v) is 11.2. The maximum Gasteiger partial charge on any atom is 0.216 e. The molecule has 96 valence electrons. The van der Waals surface area contributed by atoms with Gasteiger partial charge < -0.3 is 5.73 Å². The highest BCUT2D eigenvalue weighted by Gasteiger charge is 2.13. The van der Waals surface area contributed by atoms with Crippen molar-refractivity contribution in [2.75, 3.05) is 5.73 Å². The van der Waals surface area contributed by atoms with Crippen molar-refractivity contribution in [3.8, 4) is 0 Å². The molecule has 0 radical (unpaired) electrons. The fraction of sp³-hybridized carbons (Fsp3) is 0.182. The van der Waals surface area contributed by atoms with Crippen LogP contribution in [-0.2, 0) is 22.3 Å². The second kappa shape index (κ2) is 5.47. The molecule has 0 aliphatic heterocycles. The molecule has 7 heteroatoms. The lowest BCUT2D eigenvalue weighted by Gasteiger charge is -2.07. The summed E-state index contributed by atoms with van der Waals surface area (Å²) in [6.45, 7) is 0.207. The molecule has 2 aromatic rings. The fourth-order valence-electron chi connectivity index (χ4n) is 1.43. The Morgan fingerprint density at radius 2 is 2.11 bits per heavy atom. The van der Waals surface area contributed by atoms with Gasteiger partial charge in [0.15, 0.2) is 0 Å². The second-order valence-electron chi connectivity index (χ2n) is 3.76. The van der Waals surface area contributed by atoms with E-state index in [2.05, 4.69) is 9.71 Å². The highest BCUT2D eigenvalue weighted by molar-refractivity contribution is 7.88. The molecule has 1 aromatic heterocycles. The first-order valence-electron chi connectivity index (χ1n) is 5.24. The van der Waals surface area contributed by atoms with Gasteiger partial charge in [0.2, 0.25) is 10.0 Å². The molecule has 1 heterocycles. The topological polar surface area (TPSA) is 85.1 Å². The highest BCUT2D eigenvalue weighted by Crippen LogP contribution is 2.13. The zero-order chi connectivity index (χ0) is 13.0. The van der Waals surface area contributed by atoms with E-state index < -0.39 is 10.0 Å². The summed E-state index contributed by atoms with van der Waals surface area (Å²) in [7, 11) is -3.40. The van der Waals surface area contributed by atoms with E-state index in [1.165, 1.54) is 11.3 Å². The van der Waals surface area contributed by atoms with Crippen LogP contribution >= 0.6 is 11.3 Å². The molecule has 18 heavy (non-hydrogen) atoms. The number of hydrogen-bond donors (Lipinski definition) is 2. The van der Waals surface area contributed by atoms with Crippen LogP contribution < -0.4 is 10.5 Å². The Bertz CT molecular complexity index is 609. The molecule has 5 nitrogen and oxygen atoms in total. The lowest BCUT2D eigenvalue weighted by Crippen LogP contribution is -2.25. The highest BCUT2D eigenvalue weighted by atomic mass is 32.2. The maximum atomic E-state index is 11.9. The van der Waals surface area contributed by atoms with Gasteiger partial charge in [-0.05, 0) is 11.6 Å². The maximum absolute atomic E-state index is 11.9. The fourth-order valence-corrected chi connectivity index (χ4v) is 3.13. The molecule has 0 bridgehead atoms. The number of nitrogens with two attached hydrogens (primary N) is 1. The van der Waals surface area contributed by atoms with Crippen LogP contribution in [0, 0.1) is 0 Å². The Morgan fingerprint density at radius 3 is 2.78 bits per heavy atom. The van der Waals surface area contributed by atoms with Crippen LogP contribution in [0.25, 0.3) is 0 Å². The van der Waals surface area contributed by atoms with Crippen LogP contribution in [0.5, 0.6) is 0 Å². The molecular weight excluding hydrogens is 270 g/mol. The summed E-state index contributed by atoms with van der Waals surface area (Å²) < 4.78 is 26.2. The molecule has 1 aromatic carbocycles. The molecular formula is C11H13N3O2S2. The first-order valence-corrected chi connectivity index (χ1v) is 7.84. The number of rotatable bonds is 5. The molecule has 0 spiro atoms. The van der Waals surface area contributed by atoms with Crippen LogP contribution in [0.15, 0.2) is 35.2 Å². The van der Waals surface area contributed by atoms with Crippen LogP contribution in [0.2, 0.25) is 0 Å². The van der Waals surface area contributed by atoms with E-state index in [1.54, 1.807) is 35.2 Å². The van der Waals surface area contributed by atoms with Crippen molar-refractivity contribution >= 4 is 27.0 Å². The summed E-state index contributed by atoms with van der Waals surface area (Å²) in [6.07, 6.45) is 0. The molecule has 0 fully saturated rings. The third kappa shape index (κ3) is 3.52. The number of nitrogen functional groups attached to an aromatic ring is 1. The van der Waals surface area contributed by atoms with Gasteiger partial charge in [-0.3, -0.25) is 0 Å². The van der Waals surface area contributed by atoms with E-state index in [0.29, 0.717) is 16.9 Å². The van der Waals surface area contributed by atoms with Gasteiger partial charge in [0.05, 0.1) is 23.5 Å². The van der Waals surface area contributed by atoms with Gasteiger partial charge in [0, 0.05) is 11.1 Å². The minimum Gasteiger partial charge on any atom is -0.398 e. The lowest BCUT2D eigenvalue weighted by atomic mass is 10.2. The zero-order valence-electron chi connectivity index (χ0n) is 9.54. The third-order valence-electron chi connectivity index (χ3n) is 2.36. The number of para-hydroxylation sites is 1. The lowest BCUT2D eigenvalue weighted by molar-refractivity contribution is 0.580. The Morgan fingerprint density at radius 1 is 1.33 bits per heavy atom. The summed E-state index contributed by atoms with van der Waals surface area (Å²) in [5, 5.41) is 1.80. The van der Waals surface area contributed by atoms with Crippen molar-refractivity contribution in [3.63, 3.8) is 0 Å². The van der Waals surface area contributed by atoms with E-state index in [1.807, 2.05) is 0 Å². The van der Waals surface area contributed by atoms with Gasteiger partial charge in [-0.25, -0.2) is 18.1 Å². The van der Waals surface area contributed by atoms with Crippen molar-refractivity contribution < 1.29 is 8.42 Å². The SMILES string of the molecule is Nc1ccccc1CS(=O)(=O)NCc1cscn1. The molecule has 0 atom stereocenters. The third-order valence-corrected chi connectivity index (χ3v) is 4.27. The van der Waals surface area contributed by atoms with Gasteiger partial charge in [-0.1, -0.05) is 18.2 Å². The molecule has 2 rings (SSSR count). The summed E-state index contributed by atoms with van der Waals surface area (Å²) >= 11 is 1.43. The Balaban J connectivity index is 2.02. The normalized spacial score (nSPS) is 11.6. The first-order chi connectivity index (χ1) is 8.57. The molecule has 0 unspecified atom stereocenters. The number of nitrogens with zero attached hydrogens (tertiary/aromatic N) is 1. The summed E-state index contributed by atoms with van der Waals surface area (Å²) in [5.41, 5.74) is 9.18. The van der Waals surface area contributed by atoms with E-state index >= 15 is 0 Å². The number of hydrogen-bond acceptors (Lipinski definition) is 5. The molecule has 0 saturated carbocycles. The molecule has 3 N–H and O–H groups in total. The number of benzene rings is 1. The minimum absolute atomic E-state index is 0.121. The summed E-state index contributed by atoms with van der Waals surface area (Å²) in [6, 6.07) is 6.93. The van der Waals surface area contributed by atoms with E-state index in [0.717, 1.165) is 0 Å². The predicted octanol–water partition coefficient (Wildman–Crippen LogP) is 1.34. The second-order valence-corrected chi connectivity index (χ2v) is 6.28. The molecule has 0 aliphatic carbocycles. The van der Waals surface area contributed by atoms with Crippen molar-refractivity contribution in [1.82, 2.24) is 9.71 Å². The molecule has 0 aliphatic rings. The largest absolute Gasteiger partial charge is 0.398 e. The van der Waals surface area contributed by atoms with E-state index in [-0.39, 0.29) is 12.3 Å². The number of thiazole rings is 1. The van der Waals surface area contributed by atoms with Gasteiger partial charge in [-0.15, -0.1) is 11.3 Å². The van der Waals surface area contributed by atoms with Crippen molar-refractivity contribution in [2.24, 2.45) is 0 Å². The smallest absolute Gasteiger partial charge is 0.216 e. The number of aromatic nitrogens is 1. The van der Waals surface area contributed by atoms with Crippen LogP contribution in [-0.4, -0.2) is 13.4 Å². The van der Waals surface area contributed by atoms with Crippen molar-refractivity contribution in [1.29, 1.82) is 0 Å². The average molecular weight is 283 g/mol. The van der Waals surface area contributed by atoms with E-state index in [9.17, 15) is 8.42 Å². The van der Waals surface area contributed by atoms with Gasteiger partial charge in [-0.2, -0.15) is 0 Å². The average Bonchev–Trinajstić information content (AvgIpc) is 2.83. The van der Waals surface area contributed by atoms with Crippen LogP contribution in [0.1, 0.15) is 11.3 Å². The Kier molecular flexibility index (Phi) is 3.95. The quantitative estimate of drug-likeness (QED) is 0.811. The Labute approximate surface area is 110 Å².